The van der Waals surface area contributed by atoms with Crippen molar-refractivity contribution in [2.45, 2.75) is 25.5 Å². The maximum Gasteiger partial charge on any atom is 0.248 e. The molecule has 3 heterocycles. The number of pyridine rings is 1. The number of carbonyl (C=O) groups is 1. The first kappa shape index (κ1) is 13.8. The van der Waals surface area contributed by atoms with Crippen LogP contribution in [0.5, 0.6) is 0 Å². The van der Waals surface area contributed by atoms with Gasteiger partial charge in [0.2, 0.25) is 5.91 Å². The van der Waals surface area contributed by atoms with Gasteiger partial charge in [-0.1, -0.05) is 0 Å². The fourth-order valence-corrected chi connectivity index (χ4v) is 2.49. The van der Waals surface area contributed by atoms with Crippen LogP contribution in [0.3, 0.4) is 0 Å². The molecule has 0 saturated carbocycles. The highest BCUT2D eigenvalue weighted by molar-refractivity contribution is 5.93. The Hall–Kier alpha value is -2.21. The third kappa shape index (κ3) is 3.46. The lowest BCUT2D eigenvalue weighted by Crippen LogP contribution is -2.39. The first-order chi connectivity index (χ1) is 10.3. The van der Waals surface area contributed by atoms with E-state index < -0.39 is 0 Å². The summed E-state index contributed by atoms with van der Waals surface area (Å²) >= 11 is 0. The molecule has 110 valence electrons. The van der Waals surface area contributed by atoms with Crippen molar-refractivity contribution in [3.05, 3.63) is 43.0 Å². The van der Waals surface area contributed by atoms with Crippen molar-refractivity contribution in [2.75, 3.05) is 18.1 Å². The van der Waals surface area contributed by atoms with Crippen molar-refractivity contribution < 1.29 is 9.53 Å². The van der Waals surface area contributed by atoms with E-state index in [1.165, 1.54) is 0 Å². The molecule has 1 amide bonds. The summed E-state index contributed by atoms with van der Waals surface area (Å²) in [6.45, 7) is 1.58. The second kappa shape index (κ2) is 6.49. The molecule has 0 radical (unpaired) electrons. The zero-order chi connectivity index (χ0) is 14.5. The molecule has 6 nitrogen and oxygen atoms in total. The van der Waals surface area contributed by atoms with E-state index in [0.717, 1.165) is 25.1 Å². The molecule has 0 bridgehead atoms. The summed E-state index contributed by atoms with van der Waals surface area (Å²) in [7, 11) is 0. The second-order valence-electron chi connectivity index (χ2n) is 5.05. The fraction of sp³-hybridized carbons (Fsp3) is 0.400. The number of hydrogen-bond acceptors (Lipinski definition) is 4. The quantitative estimate of drug-likeness (QED) is 0.835. The highest BCUT2D eigenvalue weighted by Gasteiger charge is 2.24. The van der Waals surface area contributed by atoms with Gasteiger partial charge in [-0.15, -0.1) is 0 Å². The Labute approximate surface area is 123 Å². The van der Waals surface area contributed by atoms with Crippen LogP contribution in [0.15, 0.2) is 43.0 Å². The van der Waals surface area contributed by atoms with Crippen molar-refractivity contribution in [3.8, 4) is 0 Å². The van der Waals surface area contributed by atoms with Crippen LogP contribution in [0.25, 0.3) is 0 Å². The first-order valence-corrected chi connectivity index (χ1v) is 7.12. The summed E-state index contributed by atoms with van der Waals surface area (Å²) < 4.78 is 7.29. The number of hydrogen-bond donors (Lipinski definition) is 0. The Morgan fingerprint density at radius 2 is 2.24 bits per heavy atom. The fourth-order valence-electron chi connectivity index (χ4n) is 2.49. The number of ether oxygens (including phenoxy) is 1. The summed E-state index contributed by atoms with van der Waals surface area (Å²) in [5.74, 6) is 0.000370. The standard InChI is InChI=1S/C15H18N4O2/c20-15(12-18-9-2-6-17-18)19(11-14-3-1-10-21-14)13-4-7-16-8-5-13/h2,4-9,14H,1,3,10-12H2. The number of amides is 1. The van der Waals surface area contributed by atoms with Gasteiger partial charge < -0.3 is 9.64 Å². The van der Waals surface area contributed by atoms with Gasteiger partial charge in [0, 0.05) is 37.1 Å². The van der Waals surface area contributed by atoms with Gasteiger partial charge in [0.15, 0.2) is 0 Å². The smallest absolute Gasteiger partial charge is 0.248 e. The zero-order valence-electron chi connectivity index (χ0n) is 11.8. The highest BCUT2D eigenvalue weighted by Crippen LogP contribution is 2.19. The lowest BCUT2D eigenvalue weighted by atomic mass is 10.2. The van der Waals surface area contributed by atoms with Crippen LogP contribution in [-0.2, 0) is 16.1 Å². The molecule has 2 aromatic rings. The first-order valence-electron chi connectivity index (χ1n) is 7.12. The summed E-state index contributed by atoms with van der Waals surface area (Å²) in [4.78, 5) is 18.4. The number of anilines is 1. The van der Waals surface area contributed by atoms with Crippen LogP contribution >= 0.6 is 0 Å². The van der Waals surface area contributed by atoms with Crippen molar-refractivity contribution in [2.24, 2.45) is 0 Å². The van der Waals surface area contributed by atoms with E-state index in [0.29, 0.717) is 6.54 Å². The molecule has 0 N–H and O–H groups in total. The minimum absolute atomic E-state index is 0.000370. The summed E-state index contributed by atoms with van der Waals surface area (Å²) in [5.41, 5.74) is 0.845. The van der Waals surface area contributed by atoms with E-state index in [2.05, 4.69) is 10.1 Å². The normalized spacial score (nSPS) is 17.8. The van der Waals surface area contributed by atoms with Crippen molar-refractivity contribution >= 4 is 11.6 Å². The Bertz CT molecular complexity index is 565. The van der Waals surface area contributed by atoms with E-state index in [-0.39, 0.29) is 18.6 Å². The third-order valence-electron chi connectivity index (χ3n) is 3.54. The molecular weight excluding hydrogens is 268 g/mol. The van der Waals surface area contributed by atoms with Crippen LogP contribution < -0.4 is 4.90 Å². The number of aromatic nitrogens is 3. The average Bonchev–Trinajstić information content (AvgIpc) is 3.19. The van der Waals surface area contributed by atoms with Crippen LogP contribution in [0.4, 0.5) is 5.69 Å². The van der Waals surface area contributed by atoms with Gasteiger partial charge in [0.1, 0.15) is 6.54 Å². The molecular formula is C15H18N4O2. The summed E-state index contributed by atoms with van der Waals surface area (Å²) in [6, 6.07) is 5.50. The minimum atomic E-state index is 0.000370. The molecule has 21 heavy (non-hydrogen) atoms. The SMILES string of the molecule is O=C(Cn1cccn1)N(CC1CCCO1)c1ccncc1. The molecule has 3 rings (SSSR count). The maximum absolute atomic E-state index is 12.6. The molecule has 0 spiro atoms. The highest BCUT2D eigenvalue weighted by atomic mass is 16.5. The summed E-state index contributed by atoms with van der Waals surface area (Å²) in [6.07, 6.45) is 9.01. The van der Waals surface area contributed by atoms with Crippen LogP contribution in [0.1, 0.15) is 12.8 Å². The largest absolute Gasteiger partial charge is 0.376 e. The molecule has 6 heteroatoms. The molecule has 2 aromatic heterocycles. The van der Waals surface area contributed by atoms with E-state index in [4.69, 9.17) is 4.74 Å². The molecule has 1 aliphatic rings. The Morgan fingerprint density at radius 1 is 1.38 bits per heavy atom. The van der Waals surface area contributed by atoms with Crippen molar-refractivity contribution in [1.29, 1.82) is 0 Å². The second-order valence-corrected chi connectivity index (χ2v) is 5.05. The molecule has 1 aliphatic heterocycles. The van der Waals surface area contributed by atoms with Crippen LogP contribution in [0, 0.1) is 0 Å². The lowest BCUT2D eigenvalue weighted by Gasteiger charge is -2.25. The van der Waals surface area contributed by atoms with Gasteiger partial charge in [-0.25, -0.2) is 0 Å². The molecule has 1 unspecified atom stereocenters. The lowest BCUT2D eigenvalue weighted by molar-refractivity contribution is -0.119. The van der Waals surface area contributed by atoms with Gasteiger partial charge in [-0.3, -0.25) is 14.5 Å². The van der Waals surface area contributed by atoms with Crippen molar-refractivity contribution in [1.82, 2.24) is 14.8 Å². The Morgan fingerprint density at radius 3 is 2.90 bits per heavy atom. The minimum Gasteiger partial charge on any atom is -0.376 e. The number of rotatable bonds is 5. The zero-order valence-corrected chi connectivity index (χ0v) is 11.8. The number of carbonyl (C=O) groups excluding carboxylic acids is 1. The average molecular weight is 286 g/mol. The topological polar surface area (TPSA) is 60.2 Å². The van der Waals surface area contributed by atoms with Gasteiger partial charge in [0.05, 0.1) is 12.6 Å². The van der Waals surface area contributed by atoms with Crippen molar-refractivity contribution in [3.63, 3.8) is 0 Å². The van der Waals surface area contributed by atoms with Crippen LogP contribution in [0.2, 0.25) is 0 Å². The van der Waals surface area contributed by atoms with Gasteiger partial charge in [0.25, 0.3) is 0 Å². The monoisotopic (exact) mass is 286 g/mol. The van der Waals surface area contributed by atoms with E-state index >= 15 is 0 Å². The van der Waals surface area contributed by atoms with Gasteiger partial charge in [-0.2, -0.15) is 5.10 Å². The third-order valence-corrected chi connectivity index (χ3v) is 3.54. The van der Waals surface area contributed by atoms with Gasteiger partial charge in [-0.05, 0) is 31.0 Å². The Balaban J connectivity index is 1.75. The van der Waals surface area contributed by atoms with Crippen LogP contribution in [-0.4, -0.2) is 39.9 Å². The predicted molar refractivity (Wildman–Crippen MR) is 77.8 cm³/mol. The maximum atomic E-state index is 12.6. The van der Waals surface area contributed by atoms with Gasteiger partial charge >= 0.3 is 0 Å². The molecule has 1 atom stereocenters. The molecule has 0 aliphatic carbocycles. The molecule has 0 aromatic carbocycles. The van der Waals surface area contributed by atoms with E-state index in [1.807, 2.05) is 18.2 Å². The molecule has 1 fully saturated rings. The van der Waals surface area contributed by atoms with E-state index in [1.54, 1.807) is 34.4 Å². The predicted octanol–water partition coefficient (Wildman–Crippen LogP) is 1.49. The molecule has 1 saturated heterocycles. The summed E-state index contributed by atoms with van der Waals surface area (Å²) in [5, 5.41) is 4.09. The Kier molecular flexibility index (Phi) is 4.25. The van der Waals surface area contributed by atoms with E-state index in [9.17, 15) is 4.79 Å². The number of nitrogens with zero attached hydrogens (tertiary/aromatic N) is 4.